The van der Waals surface area contributed by atoms with Gasteiger partial charge in [0.25, 0.3) is 5.56 Å². The molecule has 0 fully saturated rings. The van der Waals surface area contributed by atoms with Gasteiger partial charge in [-0.15, -0.1) is 0 Å². The Bertz CT molecular complexity index is 988. The van der Waals surface area contributed by atoms with Crippen molar-refractivity contribution in [2.45, 2.75) is 25.8 Å². The lowest BCUT2D eigenvalue weighted by atomic mass is 10.0. The highest BCUT2D eigenvalue weighted by Crippen LogP contribution is 2.38. The number of rotatable bonds is 3. The molecule has 1 aliphatic rings. The molecule has 0 amide bonds. The average molecular weight is 320 g/mol. The van der Waals surface area contributed by atoms with E-state index in [1.807, 2.05) is 43.3 Å². The first kappa shape index (κ1) is 15.0. The zero-order valence-electron chi connectivity index (χ0n) is 13.9. The molecule has 4 heteroatoms. The van der Waals surface area contributed by atoms with Crippen molar-refractivity contribution in [3.63, 3.8) is 0 Å². The number of nitrogens with two attached hydrogens (primary N) is 1. The summed E-state index contributed by atoms with van der Waals surface area (Å²) in [5.41, 5.74) is 10.4. The second kappa shape index (κ2) is 5.49. The van der Waals surface area contributed by atoms with Gasteiger partial charge in [-0.1, -0.05) is 24.3 Å². The van der Waals surface area contributed by atoms with Gasteiger partial charge in [0.2, 0.25) is 0 Å². The molecule has 0 radical (unpaired) electrons. The van der Waals surface area contributed by atoms with E-state index < -0.39 is 0 Å². The molecule has 0 saturated carbocycles. The predicted molar refractivity (Wildman–Crippen MR) is 96.1 cm³/mol. The van der Waals surface area contributed by atoms with Gasteiger partial charge in [0.1, 0.15) is 5.75 Å². The quantitative estimate of drug-likeness (QED) is 0.806. The minimum atomic E-state index is -0.227. The Balaban J connectivity index is 2.23. The van der Waals surface area contributed by atoms with Crippen LogP contribution >= 0.6 is 0 Å². The number of ether oxygens (including phenoxy) is 1. The summed E-state index contributed by atoms with van der Waals surface area (Å²) in [5, 5.41) is 1.70. The van der Waals surface area contributed by atoms with Crippen LogP contribution in [-0.2, 0) is 12.8 Å². The molecule has 122 valence electrons. The first-order valence-electron chi connectivity index (χ1n) is 8.22. The molecule has 0 bridgehead atoms. The predicted octanol–water partition coefficient (Wildman–Crippen LogP) is 3.12. The summed E-state index contributed by atoms with van der Waals surface area (Å²) in [4.78, 5) is 13.4. The minimum absolute atomic E-state index is 0.0622. The molecule has 1 heterocycles. The normalized spacial score (nSPS) is 14.1. The molecular weight excluding hydrogens is 300 g/mol. The van der Waals surface area contributed by atoms with Crippen LogP contribution in [-0.4, -0.2) is 11.7 Å². The molecule has 1 aromatic heterocycles. The largest absolute Gasteiger partial charge is 0.496 e. The maximum absolute atomic E-state index is 13.4. The van der Waals surface area contributed by atoms with E-state index in [0.717, 1.165) is 29.6 Å². The van der Waals surface area contributed by atoms with Gasteiger partial charge in [0.15, 0.2) is 0 Å². The molecule has 0 saturated heterocycles. The van der Waals surface area contributed by atoms with Crippen molar-refractivity contribution in [2.24, 2.45) is 5.73 Å². The van der Waals surface area contributed by atoms with Crippen LogP contribution in [0.15, 0.2) is 47.3 Å². The Hall–Kier alpha value is -2.59. The monoisotopic (exact) mass is 320 g/mol. The Kier molecular flexibility index (Phi) is 3.43. The van der Waals surface area contributed by atoms with E-state index in [1.54, 1.807) is 11.7 Å². The molecule has 4 rings (SSSR count). The number of para-hydroxylation sites is 1. The highest BCUT2D eigenvalue weighted by molar-refractivity contribution is 5.95. The summed E-state index contributed by atoms with van der Waals surface area (Å²) in [5.74, 6) is 0.628. The topological polar surface area (TPSA) is 57.2 Å². The van der Waals surface area contributed by atoms with Crippen molar-refractivity contribution in [2.75, 3.05) is 7.11 Å². The van der Waals surface area contributed by atoms with Gasteiger partial charge in [0.05, 0.1) is 12.5 Å². The summed E-state index contributed by atoms with van der Waals surface area (Å²) < 4.78 is 7.26. The van der Waals surface area contributed by atoms with E-state index in [4.69, 9.17) is 10.5 Å². The van der Waals surface area contributed by atoms with Crippen molar-refractivity contribution in [3.8, 4) is 11.4 Å². The highest BCUT2D eigenvalue weighted by atomic mass is 16.5. The van der Waals surface area contributed by atoms with Gasteiger partial charge in [-0.25, -0.2) is 0 Å². The number of methoxy groups -OCH3 is 1. The van der Waals surface area contributed by atoms with E-state index >= 15 is 0 Å². The van der Waals surface area contributed by atoms with Crippen molar-refractivity contribution < 1.29 is 4.74 Å². The second-order valence-corrected chi connectivity index (χ2v) is 6.31. The van der Waals surface area contributed by atoms with E-state index in [0.29, 0.717) is 11.1 Å². The fourth-order valence-corrected chi connectivity index (χ4v) is 3.87. The highest BCUT2D eigenvalue weighted by Gasteiger charge is 2.27. The van der Waals surface area contributed by atoms with Crippen LogP contribution in [0.3, 0.4) is 0 Å². The van der Waals surface area contributed by atoms with Crippen LogP contribution in [0.5, 0.6) is 5.75 Å². The van der Waals surface area contributed by atoms with E-state index in [9.17, 15) is 4.79 Å². The van der Waals surface area contributed by atoms with Crippen molar-refractivity contribution in [3.05, 3.63) is 69.6 Å². The summed E-state index contributed by atoms with van der Waals surface area (Å²) in [6.45, 7) is 1.94. The van der Waals surface area contributed by atoms with Gasteiger partial charge in [-0.2, -0.15) is 0 Å². The van der Waals surface area contributed by atoms with E-state index in [-0.39, 0.29) is 11.6 Å². The summed E-state index contributed by atoms with van der Waals surface area (Å²) in [7, 11) is 1.61. The van der Waals surface area contributed by atoms with Crippen LogP contribution < -0.4 is 16.0 Å². The van der Waals surface area contributed by atoms with Crippen molar-refractivity contribution in [1.29, 1.82) is 0 Å². The molecule has 1 atom stereocenters. The maximum atomic E-state index is 13.4. The second-order valence-electron chi connectivity index (χ2n) is 6.31. The van der Waals surface area contributed by atoms with Crippen LogP contribution in [0.4, 0.5) is 0 Å². The molecule has 4 nitrogen and oxygen atoms in total. The average Bonchev–Trinajstić information content (AvgIpc) is 3.02. The molecule has 2 aromatic carbocycles. The lowest BCUT2D eigenvalue weighted by Crippen LogP contribution is -2.27. The molecule has 3 aromatic rings. The number of pyridine rings is 1. The fraction of sp³-hybridized carbons (Fsp3) is 0.250. The number of hydrogen-bond donors (Lipinski definition) is 1. The molecule has 24 heavy (non-hydrogen) atoms. The standard InChI is InChI=1S/C20H20N2O2/c1-12(21)19-15-10-8-13-9-11-16(24-2)18(17(13)15)20(23)22(19)14-6-4-3-5-7-14/h3-7,9,11-12H,8,10,21H2,1-2H3/t12-/m0/s1. The summed E-state index contributed by atoms with van der Waals surface area (Å²) in [6, 6.07) is 13.4. The minimum Gasteiger partial charge on any atom is -0.496 e. The van der Waals surface area contributed by atoms with E-state index in [2.05, 4.69) is 6.07 Å². The van der Waals surface area contributed by atoms with Crippen LogP contribution in [0.2, 0.25) is 0 Å². The lowest BCUT2D eigenvalue weighted by Gasteiger charge is -2.21. The van der Waals surface area contributed by atoms with Crippen molar-refractivity contribution in [1.82, 2.24) is 4.57 Å². The SMILES string of the molecule is COc1ccc2c3c(c([C@H](C)N)n(-c4ccccc4)c(=O)c13)CC2. The Morgan fingerprint density at radius 3 is 2.50 bits per heavy atom. The summed E-state index contributed by atoms with van der Waals surface area (Å²) >= 11 is 0. The smallest absolute Gasteiger partial charge is 0.267 e. The zero-order valence-corrected chi connectivity index (χ0v) is 13.9. The maximum Gasteiger partial charge on any atom is 0.267 e. The number of nitrogens with zero attached hydrogens (tertiary/aromatic N) is 1. The Labute approximate surface area is 140 Å². The molecule has 0 unspecified atom stereocenters. The lowest BCUT2D eigenvalue weighted by molar-refractivity contribution is 0.419. The third-order valence-electron chi connectivity index (χ3n) is 4.83. The third-order valence-corrected chi connectivity index (χ3v) is 4.83. The number of aryl methyl sites for hydroxylation is 2. The van der Waals surface area contributed by atoms with Crippen LogP contribution in [0, 0.1) is 0 Å². The zero-order chi connectivity index (χ0) is 16.8. The van der Waals surface area contributed by atoms with Gasteiger partial charge >= 0.3 is 0 Å². The number of benzene rings is 2. The Morgan fingerprint density at radius 1 is 1.08 bits per heavy atom. The molecule has 0 aliphatic heterocycles. The summed E-state index contributed by atoms with van der Waals surface area (Å²) in [6.07, 6.45) is 1.84. The number of aromatic nitrogens is 1. The van der Waals surface area contributed by atoms with Gasteiger partial charge in [-0.3, -0.25) is 9.36 Å². The van der Waals surface area contributed by atoms with E-state index in [1.165, 1.54) is 11.1 Å². The molecular formula is C20H20N2O2. The molecule has 1 aliphatic carbocycles. The van der Waals surface area contributed by atoms with Gasteiger partial charge in [0, 0.05) is 17.4 Å². The first-order valence-corrected chi connectivity index (χ1v) is 8.22. The van der Waals surface area contributed by atoms with Gasteiger partial charge < -0.3 is 10.5 Å². The molecule has 0 spiro atoms. The molecule has 2 N–H and O–H groups in total. The first-order chi connectivity index (χ1) is 11.6. The fourth-order valence-electron chi connectivity index (χ4n) is 3.87. The Morgan fingerprint density at radius 2 is 1.83 bits per heavy atom. The van der Waals surface area contributed by atoms with Crippen LogP contribution in [0.25, 0.3) is 16.5 Å². The number of hydrogen-bond acceptors (Lipinski definition) is 3. The third kappa shape index (κ3) is 2.00. The van der Waals surface area contributed by atoms with Gasteiger partial charge in [-0.05, 0) is 54.5 Å². The van der Waals surface area contributed by atoms with Crippen LogP contribution in [0.1, 0.15) is 29.8 Å². The van der Waals surface area contributed by atoms with Crippen molar-refractivity contribution >= 4 is 10.8 Å².